The minimum Gasteiger partial charge on any atom is -0.493 e. The van der Waals surface area contributed by atoms with Crippen LogP contribution < -0.4 is 10.1 Å². The van der Waals surface area contributed by atoms with Crippen molar-refractivity contribution in [2.75, 3.05) is 19.8 Å². The summed E-state index contributed by atoms with van der Waals surface area (Å²) in [5, 5.41) is 16.5. The Morgan fingerprint density at radius 3 is 2.41 bits per heavy atom. The third kappa shape index (κ3) is 7.49. The lowest BCUT2D eigenvalue weighted by Crippen LogP contribution is -2.46. The quantitative estimate of drug-likeness (QED) is 0.387. The Kier molecular flexibility index (Phi) is 9.98. The van der Waals surface area contributed by atoms with E-state index >= 15 is 0 Å². The summed E-state index contributed by atoms with van der Waals surface area (Å²) in [6.07, 6.45) is 0.143. The Morgan fingerprint density at radius 2 is 1.66 bits per heavy atom. The second kappa shape index (κ2) is 12.2. The maximum atomic E-state index is 10.5. The van der Waals surface area contributed by atoms with Crippen LogP contribution in [0.25, 0.3) is 10.8 Å². The SMILES string of the molecule is CCOc1ccccc1C(C)OC[C@H](O)CNC(C)(C)Cc1ccc2ccccc2c1.Cl. The standard InChI is InChI=1S/C27H35NO3.ClH/c1-5-30-26-13-9-8-12-25(26)20(2)31-19-24(29)18-28-27(3,4)17-21-14-15-22-10-6-7-11-23(22)16-21;/h6-16,20,24,28-29H,5,17-19H2,1-4H3;1H/t20?,24-;/m1./s1. The number of hydrogen-bond acceptors (Lipinski definition) is 4. The fourth-order valence-electron chi connectivity index (χ4n) is 3.82. The van der Waals surface area contributed by atoms with Crippen molar-refractivity contribution in [2.24, 2.45) is 0 Å². The zero-order valence-corrected chi connectivity index (χ0v) is 20.3. The van der Waals surface area contributed by atoms with Crippen LogP contribution in [0.2, 0.25) is 0 Å². The number of β-amino-alcohol motifs (C(OH)–C–C–N with tert-alkyl or cyclic N) is 1. The lowest BCUT2D eigenvalue weighted by Gasteiger charge is -2.28. The molecule has 0 bridgehead atoms. The molecule has 4 nitrogen and oxygen atoms in total. The number of aliphatic hydroxyl groups is 1. The van der Waals surface area contributed by atoms with Gasteiger partial charge in [0.05, 0.1) is 25.4 Å². The van der Waals surface area contributed by atoms with Crippen molar-refractivity contribution in [1.82, 2.24) is 5.32 Å². The zero-order chi connectivity index (χ0) is 22.3. The van der Waals surface area contributed by atoms with Gasteiger partial charge in [0.1, 0.15) is 5.75 Å². The van der Waals surface area contributed by atoms with E-state index in [4.69, 9.17) is 9.47 Å². The highest BCUT2D eigenvalue weighted by Gasteiger charge is 2.20. The van der Waals surface area contributed by atoms with Crippen LogP contribution in [0.3, 0.4) is 0 Å². The number of benzene rings is 3. The van der Waals surface area contributed by atoms with Gasteiger partial charge in [-0.25, -0.2) is 0 Å². The van der Waals surface area contributed by atoms with Crippen LogP contribution in [0.4, 0.5) is 0 Å². The highest BCUT2D eigenvalue weighted by molar-refractivity contribution is 5.85. The molecule has 2 N–H and O–H groups in total. The molecule has 3 aromatic rings. The monoisotopic (exact) mass is 457 g/mol. The van der Waals surface area contributed by atoms with Crippen LogP contribution in [0.1, 0.15) is 44.9 Å². The average molecular weight is 458 g/mol. The lowest BCUT2D eigenvalue weighted by molar-refractivity contribution is -0.00509. The van der Waals surface area contributed by atoms with Crippen molar-refractivity contribution in [3.63, 3.8) is 0 Å². The molecule has 0 aliphatic heterocycles. The number of nitrogens with one attached hydrogen (secondary N) is 1. The van der Waals surface area contributed by atoms with Gasteiger partial charge < -0.3 is 19.9 Å². The number of aliphatic hydroxyl groups excluding tert-OH is 1. The first kappa shape index (κ1) is 26.1. The third-order valence-electron chi connectivity index (χ3n) is 5.47. The van der Waals surface area contributed by atoms with Crippen LogP contribution in [-0.4, -0.2) is 36.5 Å². The summed E-state index contributed by atoms with van der Waals surface area (Å²) in [6, 6.07) is 22.9. The van der Waals surface area contributed by atoms with Gasteiger partial charge in [-0.3, -0.25) is 0 Å². The second-order valence-electron chi connectivity index (χ2n) is 8.72. The van der Waals surface area contributed by atoms with Gasteiger partial charge in [-0.1, -0.05) is 60.7 Å². The Bertz CT molecular complexity index is 976. The van der Waals surface area contributed by atoms with Gasteiger partial charge in [0.25, 0.3) is 0 Å². The summed E-state index contributed by atoms with van der Waals surface area (Å²) < 4.78 is 11.6. The molecule has 32 heavy (non-hydrogen) atoms. The van der Waals surface area contributed by atoms with Gasteiger partial charge in [-0.05, 0) is 56.5 Å². The van der Waals surface area contributed by atoms with Crippen LogP contribution >= 0.6 is 12.4 Å². The highest BCUT2D eigenvalue weighted by atomic mass is 35.5. The first-order valence-corrected chi connectivity index (χ1v) is 11.1. The van der Waals surface area contributed by atoms with Crippen molar-refractivity contribution in [1.29, 1.82) is 0 Å². The van der Waals surface area contributed by atoms with Gasteiger partial charge in [-0.15, -0.1) is 12.4 Å². The molecule has 0 saturated heterocycles. The summed E-state index contributed by atoms with van der Waals surface area (Å²) in [5.74, 6) is 0.835. The number of halogens is 1. The molecule has 0 amide bonds. The molecule has 0 heterocycles. The van der Waals surface area contributed by atoms with Gasteiger partial charge in [0.15, 0.2) is 0 Å². The molecule has 5 heteroatoms. The van der Waals surface area contributed by atoms with Gasteiger partial charge in [0, 0.05) is 17.6 Å². The molecule has 0 aromatic heterocycles. The first-order valence-electron chi connectivity index (χ1n) is 11.1. The summed E-state index contributed by atoms with van der Waals surface area (Å²) in [6.45, 7) is 9.64. The van der Waals surface area contributed by atoms with Gasteiger partial charge in [-0.2, -0.15) is 0 Å². The Hall–Kier alpha value is -2.11. The fourth-order valence-corrected chi connectivity index (χ4v) is 3.82. The average Bonchev–Trinajstić information content (AvgIpc) is 2.76. The molecule has 0 aliphatic carbocycles. The Labute approximate surface area is 198 Å². The molecular weight excluding hydrogens is 422 g/mol. The molecule has 3 rings (SSSR count). The van der Waals surface area contributed by atoms with Crippen LogP contribution in [0.15, 0.2) is 66.7 Å². The summed E-state index contributed by atoms with van der Waals surface area (Å²) >= 11 is 0. The van der Waals surface area contributed by atoms with Crippen LogP contribution in [0.5, 0.6) is 5.75 Å². The van der Waals surface area contributed by atoms with E-state index in [1.54, 1.807) is 0 Å². The largest absolute Gasteiger partial charge is 0.493 e. The normalized spacial score (nSPS) is 13.4. The van der Waals surface area contributed by atoms with E-state index in [0.717, 1.165) is 17.7 Å². The van der Waals surface area contributed by atoms with E-state index in [1.165, 1.54) is 16.3 Å². The molecule has 0 radical (unpaired) electrons. The molecule has 1 unspecified atom stereocenters. The number of hydrogen-bond donors (Lipinski definition) is 2. The zero-order valence-electron chi connectivity index (χ0n) is 19.5. The summed E-state index contributed by atoms with van der Waals surface area (Å²) in [5.41, 5.74) is 2.14. The molecule has 0 saturated carbocycles. The minimum atomic E-state index is -0.586. The van der Waals surface area contributed by atoms with Crippen molar-refractivity contribution in [3.05, 3.63) is 77.9 Å². The first-order chi connectivity index (χ1) is 14.9. The van der Waals surface area contributed by atoms with E-state index in [0.29, 0.717) is 13.2 Å². The maximum absolute atomic E-state index is 10.5. The smallest absolute Gasteiger partial charge is 0.125 e. The molecule has 0 aliphatic rings. The topological polar surface area (TPSA) is 50.7 Å². The maximum Gasteiger partial charge on any atom is 0.125 e. The predicted molar refractivity (Wildman–Crippen MR) is 135 cm³/mol. The highest BCUT2D eigenvalue weighted by Crippen LogP contribution is 2.27. The fraction of sp³-hybridized carbons (Fsp3) is 0.407. The summed E-state index contributed by atoms with van der Waals surface area (Å²) in [4.78, 5) is 0. The van der Waals surface area contributed by atoms with Crippen LogP contribution in [0, 0.1) is 0 Å². The Morgan fingerprint density at radius 1 is 0.969 bits per heavy atom. The molecule has 2 atom stereocenters. The summed E-state index contributed by atoms with van der Waals surface area (Å²) in [7, 11) is 0. The van der Waals surface area contributed by atoms with Crippen molar-refractivity contribution < 1.29 is 14.6 Å². The molecule has 0 spiro atoms. The second-order valence-corrected chi connectivity index (χ2v) is 8.72. The van der Waals surface area contributed by atoms with Crippen molar-refractivity contribution in [2.45, 2.75) is 51.9 Å². The predicted octanol–water partition coefficient (Wildman–Crippen LogP) is 5.71. The van der Waals surface area contributed by atoms with E-state index in [-0.39, 0.29) is 30.7 Å². The van der Waals surface area contributed by atoms with Crippen molar-refractivity contribution >= 4 is 23.2 Å². The van der Waals surface area contributed by atoms with Crippen molar-refractivity contribution in [3.8, 4) is 5.75 Å². The molecule has 3 aromatic carbocycles. The van der Waals surface area contributed by atoms with E-state index in [2.05, 4.69) is 61.6 Å². The van der Waals surface area contributed by atoms with E-state index < -0.39 is 6.10 Å². The lowest BCUT2D eigenvalue weighted by atomic mass is 9.93. The van der Waals surface area contributed by atoms with Crippen LogP contribution in [-0.2, 0) is 11.2 Å². The molecular formula is C27H36ClNO3. The third-order valence-corrected chi connectivity index (χ3v) is 5.47. The number of rotatable bonds is 11. The molecule has 0 fully saturated rings. The van der Waals surface area contributed by atoms with E-state index in [1.807, 2.05) is 38.1 Å². The van der Waals surface area contributed by atoms with E-state index in [9.17, 15) is 5.11 Å². The number of fused-ring (bicyclic) bond motifs is 1. The minimum absolute atomic E-state index is 0. The number of ether oxygens (including phenoxy) is 2. The van der Waals surface area contributed by atoms with Gasteiger partial charge in [0.2, 0.25) is 0 Å². The van der Waals surface area contributed by atoms with Gasteiger partial charge >= 0.3 is 0 Å². The number of para-hydroxylation sites is 1. The Balaban J connectivity index is 0.00000363. The molecule has 174 valence electrons.